The number of nitrogens with one attached hydrogen (secondary N) is 1. The normalized spacial score (nSPS) is 26.4. The van der Waals surface area contributed by atoms with E-state index >= 15 is 0 Å². The van der Waals surface area contributed by atoms with Crippen molar-refractivity contribution >= 4 is 0 Å². The maximum atomic E-state index is 5.30. The molecule has 0 aliphatic carbocycles. The van der Waals surface area contributed by atoms with Gasteiger partial charge in [-0.3, -0.25) is 4.90 Å². The number of piperazine rings is 1. The molecule has 84 valence electrons. The van der Waals surface area contributed by atoms with E-state index in [1.54, 1.807) is 7.11 Å². The molecule has 2 atom stereocenters. The van der Waals surface area contributed by atoms with Crippen LogP contribution in [0.15, 0.2) is 0 Å². The third kappa shape index (κ3) is 3.23. The summed E-state index contributed by atoms with van der Waals surface area (Å²) in [5.41, 5.74) is 0. The van der Waals surface area contributed by atoms with Gasteiger partial charge in [0.2, 0.25) is 0 Å². The Hall–Kier alpha value is -0.120. The summed E-state index contributed by atoms with van der Waals surface area (Å²) in [7, 11) is 1.80. The van der Waals surface area contributed by atoms with E-state index in [4.69, 9.17) is 4.74 Å². The number of hydrogen-bond donors (Lipinski definition) is 1. The fraction of sp³-hybridized carbons (Fsp3) is 1.00. The molecule has 1 aliphatic heterocycles. The highest BCUT2D eigenvalue weighted by atomic mass is 16.5. The largest absolute Gasteiger partial charge is 0.383 e. The van der Waals surface area contributed by atoms with E-state index in [9.17, 15) is 0 Å². The molecule has 3 heteroatoms. The van der Waals surface area contributed by atoms with Gasteiger partial charge in [-0.05, 0) is 13.3 Å². The van der Waals surface area contributed by atoms with Crippen molar-refractivity contribution in [3.63, 3.8) is 0 Å². The van der Waals surface area contributed by atoms with Gasteiger partial charge in [0.15, 0.2) is 0 Å². The Morgan fingerprint density at radius 2 is 2.36 bits per heavy atom. The van der Waals surface area contributed by atoms with Crippen LogP contribution in [0.1, 0.15) is 26.7 Å². The van der Waals surface area contributed by atoms with E-state index in [-0.39, 0.29) is 0 Å². The predicted octanol–water partition coefficient (Wildman–Crippen LogP) is 1.10. The minimum atomic E-state index is 0.613. The number of ether oxygens (including phenoxy) is 1. The van der Waals surface area contributed by atoms with E-state index in [1.807, 2.05) is 0 Å². The molecule has 1 N–H and O–H groups in total. The van der Waals surface area contributed by atoms with Crippen LogP contribution in [0.4, 0.5) is 0 Å². The minimum absolute atomic E-state index is 0.613. The second kappa shape index (κ2) is 6.38. The van der Waals surface area contributed by atoms with E-state index in [0.717, 1.165) is 26.2 Å². The zero-order valence-corrected chi connectivity index (χ0v) is 9.75. The molecule has 1 rings (SSSR count). The standard InChI is InChI=1S/C11H24N2O/c1-4-5-11(9-14-3)13-7-6-12-8-10(13)2/h10-12H,4-9H2,1-3H3. The molecule has 0 amide bonds. The molecule has 1 heterocycles. The van der Waals surface area contributed by atoms with Crippen LogP contribution >= 0.6 is 0 Å². The molecule has 1 aliphatic rings. The summed E-state index contributed by atoms with van der Waals surface area (Å²) in [5.74, 6) is 0. The lowest BCUT2D eigenvalue weighted by Crippen LogP contribution is -2.55. The van der Waals surface area contributed by atoms with Crippen LogP contribution < -0.4 is 5.32 Å². The molecule has 2 unspecified atom stereocenters. The second-order valence-electron chi connectivity index (χ2n) is 4.19. The van der Waals surface area contributed by atoms with Gasteiger partial charge in [0.05, 0.1) is 6.61 Å². The first-order chi connectivity index (χ1) is 6.79. The maximum absolute atomic E-state index is 5.30. The SMILES string of the molecule is CCCC(COC)N1CCNCC1C. The van der Waals surface area contributed by atoms with Gasteiger partial charge >= 0.3 is 0 Å². The summed E-state index contributed by atoms with van der Waals surface area (Å²) < 4.78 is 5.30. The van der Waals surface area contributed by atoms with Crippen molar-refractivity contribution in [3.8, 4) is 0 Å². The van der Waals surface area contributed by atoms with Crippen molar-refractivity contribution in [2.45, 2.75) is 38.8 Å². The topological polar surface area (TPSA) is 24.5 Å². The third-order valence-electron chi connectivity index (χ3n) is 3.00. The number of nitrogens with zero attached hydrogens (tertiary/aromatic N) is 1. The van der Waals surface area contributed by atoms with Gasteiger partial charge in [0.25, 0.3) is 0 Å². The monoisotopic (exact) mass is 200 g/mol. The molecular weight excluding hydrogens is 176 g/mol. The lowest BCUT2D eigenvalue weighted by molar-refractivity contribution is 0.0481. The van der Waals surface area contributed by atoms with Gasteiger partial charge in [-0.15, -0.1) is 0 Å². The Labute approximate surface area is 87.8 Å². The summed E-state index contributed by atoms with van der Waals surface area (Å²) in [6.07, 6.45) is 2.49. The second-order valence-corrected chi connectivity index (χ2v) is 4.19. The summed E-state index contributed by atoms with van der Waals surface area (Å²) in [4.78, 5) is 2.59. The first-order valence-electron chi connectivity index (χ1n) is 5.75. The van der Waals surface area contributed by atoms with E-state index in [0.29, 0.717) is 12.1 Å². The molecule has 0 radical (unpaired) electrons. The van der Waals surface area contributed by atoms with Crippen LogP contribution in [0.3, 0.4) is 0 Å². The summed E-state index contributed by atoms with van der Waals surface area (Å²) >= 11 is 0. The van der Waals surface area contributed by atoms with Gasteiger partial charge in [0, 0.05) is 38.8 Å². The van der Waals surface area contributed by atoms with Gasteiger partial charge in [0.1, 0.15) is 0 Å². The summed E-state index contributed by atoms with van der Waals surface area (Å²) in [6, 6.07) is 1.26. The first kappa shape index (κ1) is 12.0. The number of rotatable bonds is 5. The highest BCUT2D eigenvalue weighted by molar-refractivity contribution is 4.82. The Balaban J connectivity index is 2.46. The predicted molar refractivity (Wildman–Crippen MR) is 59.6 cm³/mol. The molecular formula is C11H24N2O. The van der Waals surface area contributed by atoms with Crippen molar-refractivity contribution in [1.82, 2.24) is 10.2 Å². The van der Waals surface area contributed by atoms with Crippen LogP contribution in [0.5, 0.6) is 0 Å². The van der Waals surface area contributed by atoms with E-state index in [1.165, 1.54) is 12.8 Å². The van der Waals surface area contributed by atoms with Crippen molar-refractivity contribution in [2.75, 3.05) is 33.4 Å². The molecule has 0 aromatic heterocycles. The van der Waals surface area contributed by atoms with Crippen molar-refractivity contribution < 1.29 is 4.74 Å². The average Bonchev–Trinajstić information content (AvgIpc) is 2.18. The Morgan fingerprint density at radius 1 is 1.57 bits per heavy atom. The molecule has 0 saturated carbocycles. The van der Waals surface area contributed by atoms with Crippen LogP contribution in [0, 0.1) is 0 Å². The van der Waals surface area contributed by atoms with Crippen molar-refractivity contribution in [3.05, 3.63) is 0 Å². The van der Waals surface area contributed by atoms with Gasteiger partial charge in [-0.25, -0.2) is 0 Å². The molecule has 14 heavy (non-hydrogen) atoms. The lowest BCUT2D eigenvalue weighted by atomic mass is 10.1. The van der Waals surface area contributed by atoms with Gasteiger partial charge in [-0.1, -0.05) is 13.3 Å². The summed E-state index contributed by atoms with van der Waals surface area (Å²) in [5, 5.41) is 3.42. The smallest absolute Gasteiger partial charge is 0.0618 e. The van der Waals surface area contributed by atoms with Crippen molar-refractivity contribution in [2.24, 2.45) is 0 Å². The molecule has 0 aromatic rings. The minimum Gasteiger partial charge on any atom is -0.383 e. The number of methoxy groups -OCH3 is 1. The fourth-order valence-electron chi connectivity index (χ4n) is 2.27. The number of hydrogen-bond acceptors (Lipinski definition) is 3. The zero-order chi connectivity index (χ0) is 10.4. The first-order valence-corrected chi connectivity index (χ1v) is 5.75. The van der Waals surface area contributed by atoms with Crippen LogP contribution in [-0.2, 0) is 4.74 Å². The molecule has 3 nitrogen and oxygen atoms in total. The fourth-order valence-corrected chi connectivity index (χ4v) is 2.27. The highest BCUT2D eigenvalue weighted by Crippen LogP contribution is 2.13. The van der Waals surface area contributed by atoms with Gasteiger partial charge < -0.3 is 10.1 Å². The van der Waals surface area contributed by atoms with Gasteiger partial charge in [-0.2, -0.15) is 0 Å². The highest BCUT2D eigenvalue weighted by Gasteiger charge is 2.24. The molecule has 0 bridgehead atoms. The Morgan fingerprint density at radius 3 is 2.93 bits per heavy atom. The van der Waals surface area contributed by atoms with Crippen LogP contribution in [0.2, 0.25) is 0 Å². The molecule has 1 fully saturated rings. The maximum Gasteiger partial charge on any atom is 0.0618 e. The van der Waals surface area contributed by atoms with Crippen LogP contribution in [-0.4, -0.2) is 50.3 Å². The summed E-state index contributed by atoms with van der Waals surface area (Å²) in [6.45, 7) is 8.81. The quantitative estimate of drug-likeness (QED) is 0.719. The van der Waals surface area contributed by atoms with E-state index < -0.39 is 0 Å². The van der Waals surface area contributed by atoms with Crippen LogP contribution in [0.25, 0.3) is 0 Å². The molecule has 0 spiro atoms. The van der Waals surface area contributed by atoms with E-state index in [2.05, 4.69) is 24.1 Å². The third-order valence-corrected chi connectivity index (χ3v) is 3.00. The zero-order valence-electron chi connectivity index (χ0n) is 9.75. The Kier molecular flexibility index (Phi) is 5.45. The Bertz CT molecular complexity index is 146. The lowest BCUT2D eigenvalue weighted by Gasteiger charge is -2.39. The average molecular weight is 200 g/mol. The molecule has 1 saturated heterocycles. The molecule has 0 aromatic carbocycles. The van der Waals surface area contributed by atoms with Crippen molar-refractivity contribution in [1.29, 1.82) is 0 Å².